The first-order chi connectivity index (χ1) is 24.2. The van der Waals surface area contributed by atoms with Crippen molar-refractivity contribution in [2.45, 2.75) is 51.4 Å². The van der Waals surface area contributed by atoms with Crippen molar-refractivity contribution in [3.63, 3.8) is 0 Å². The van der Waals surface area contributed by atoms with Gasteiger partial charge in [0, 0.05) is 27.5 Å². The molecule has 0 atom stereocenters. The summed E-state index contributed by atoms with van der Waals surface area (Å²) in [5, 5.41) is 4.08. The lowest BCUT2D eigenvalue weighted by molar-refractivity contribution is 0.332. The Morgan fingerprint density at radius 3 is 1.90 bits per heavy atom. The zero-order valence-corrected chi connectivity index (χ0v) is 28.6. The standard InChI is InChI=1S/C45H36FN3O/c1-44(2)23-24-45(3,4)37-26-27(19-22-36(37)44)30-20-21-33(32-14-6-5-13-31(30)32)42-47-41(28-11-9-12-29(46)25-28)48-43(49-42)35-16-10-18-39-40(35)34-15-7-8-17-38(34)50-39/h5-22,25-26H,23-24H2,1-4H3. The maximum absolute atomic E-state index is 14.6. The van der Waals surface area contributed by atoms with E-state index in [1.807, 2.05) is 42.5 Å². The molecule has 0 N–H and O–H groups in total. The van der Waals surface area contributed by atoms with Crippen LogP contribution in [0.4, 0.5) is 4.39 Å². The molecule has 0 aliphatic heterocycles. The monoisotopic (exact) mass is 653 g/mol. The number of aromatic nitrogens is 3. The largest absolute Gasteiger partial charge is 0.456 e. The molecule has 0 bridgehead atoms. The average Bonchev–Trinajstić information content (AvgIpc) is 3.52. The second kappa shape index (κ2) is 11.2. The molecular weight excluding hydrogens is 618 g/mol. The Labute approximate surface area is 290 Å². The number of hydrogen-bond acceptors (Lipinski definition) is 4. The van der Waals surface area contributed by atoms with E-state index in [0.717, 1.165) is 50.3 Å². The lowest BCUT2D eigenvalue weighted by atomic mass is 9.63. The van der Waals surface area contributed by atoms with Crippen LogP contribution in [0, 0.1) is 5.82 Å². The third-order valence-corrected chi connectivity index (χ3v) is 10.7. The molecule has 0 unspecified atom stereocenters. The van der Waals surface area contributed by atoms with Crippen LogP contribution in [0.3, 0.4) is 0 Å². The van der Waals surface area contributed by atoms with Gasteiger partial charge < -0.3 is 4.42 Å². The van der Waals surface area contributed by atoms with Crippen molar-refractivity contribution >= 4 is 32.7 Å². The predicted molar refractivity (Wildman–Crippen MR) is 202 cm³/mol. The van der Waals surface area contributed by atoms with Gasteiger partial charge in [0.2, 0.25) is 0 Å². The van der Waals surface area contributed by atoms with Crippen LogP contribution in [0.1, 0.15) is 51.7 Å². The minimum Gasteiger partial charge on any atom is -0.456 e. The highest BCUT2D eigenvalue weighted by Gasteiger charge is 2.37. The SMILES string of the molecule is CC1(C)CCC(C)(C)c2cc(-c3ccc(-c4nc(-c5cccc(F)c5)nc(-c5cccc6oc7ccccc7c56)n4)c4ccccc34)ccc21. The zero-order chi connectivity index (χ0) is 34.2. The first-order valence-electron chi connectivity index (χ1n) is 17.3. The quantitative estimate of drug-likeness (QED) is 0.190. The van der Waals surface area contributed by atoms with Crippen LogP contribution >= 0.6 is 0 Å². The van der Waals surface area contributed by atoms with Gasteiger partial charge in [-0.05, 0) is 87.0 Å². The number of furan rings is 1. The number of benzene rings is 6. The summed E-state index contributed by atoms with van der Waals surface area (Å²) in [6.45, 7) is 9.46. The van der Waals surface area contributed by atoms with Crippen LogP contribution in [-0.4, -0.2) is 15.0 Å². The third-order valence-electron chi connectivity index (χ3n) is 10.7. The Hall–Kier alpha value is -5.68. The third kappa shape index (κ3) is 4.91. The molecule has 0 radical (unpaired) electrons. The Kier molecular flexibility index (Phi) is 6.79. The van der Waals surface area contributed by atoms with Crippen LogP contribution in [0.25, 0.3) is 78.0 Å². The second-order valence-corrected chi connectivity index (χ2v) is 14.8. The van der Waals surface area contributed by atoms with E-state index >= 15 is 0 Å². The van der Waals surface area contributed by atoms with Crippen molar-refractivity contribution in [2.75, 3.05) is 0 Å². The Morgan fingerprint density at radius 1 is 0.500 bits per heavy atom. The maximum atomic E-state index is 14.6. The van der Waals surface area contributed by atoms with Gasteiger partial charge in [-0.2, -0.15) is 0 Å². The van der Waals surface area contributed by atoms with E-state index < -0.39 is 0 Å². The van der Waals surface area contributed by atoms with Crippen molar-refractivity contribution in [2.24, 2.45) is 0 Å². The lowest BCUT2D eigenvalue weighted by Gasteiger charge is -2.42. The molecule has 5 heteroatoms. The second-order valence-electron chi connectivity index (χ2n) is 14.8. The summed E-state index contributed by atoms with van der Waals surface area (Å²) >= 11 is 0. The van der Waals surface area contributed by atoms with E-state index in [1.165, 1.54) is 40.8 Å². The van der Waals surface area contributed by atoms with Gasteiger partial charge in [0.25, 0.3) is 0 Å². The number of halogens is 1. The summed E-state index contributed by atoms with van der Waals surface area (Å²) in [4.78, 5) is 15.1. The summed E-state index contributed by atoms with van der Waals surface area (Å²) in [6.07, 6.45) is 2.34. The highest BCUT2D eigenvalue weighted by atomic mass is 19.1. The van der Waals surface area contributed by atoms with Crippen molar-refractivity contribution in [1.82, 2.24) is 15.0 Å². The van der Waals surface area contributed by atoms with Crippen LogP contribution in [0.15, 0.2) is 126 Å². The van der Waals surface area contributed by atoms with Gasteiger partial charge in [-0.15, -0.1) is 0 Å². The molecule has 0 saturated carbocycles. The molecule has 2 aromatic heterocycles. The summed E-state index contributed by atoms with van der Waals surface area (Å²) in [6, 6.07) is 40.1. The molecule has 4 nitrogen and oxygen atoms in total. The van der Waals surface area contributed by atoms with Crippen LogP contribution in [0.5, 0.6) is 0 Å². The molecule has 1 aliphatic carbocycles. The fourth-order valence-electron chi connectivity index (χ4n) is 7.84. The van der Waals surface area contributed by atoms with Crippen LogP contribution in [0.2, 0.25) is 0 Å². The first-order valence-corrected chi connectivity index (χ1v) is 17.3. The molecule has 0 saturated heterocycles. The molecule has 6 aromatic carbocycles. The van der Waals surface area contributed by atoms with Crippen LogP contribution in [-0.2, 0) is 10.8 Å². The van der Waals surface area contributed by atoms with E-state index in [0.29, 0.717) is 23.0 Å². The summed E-state index contributed by atoms with van der Waals surface area (Å²) in [7, 11) is 0. The molecule has 50 heavy (non-hydrogen) atoms. The highest BCUT2D eigenvalue weighted by Crippen LogP contribution is 2.47. The van der Waals surface area contributed by atoms with Crippen LogP contribution < -0.4 is 0 Å². The van der Waals surface area contributed by atoms with E-state index in [1.54, 1.807) is 6.07 Å². The van der Waals surface area contributed by atoms with Crippen molar-refractivity contribution in [1.29, 1.82) is 0 Å². The molecule has 1 aliphatic rings. The van der Waals surface area contributed by atoms with Gasteiger partial charge in [-0.1, -0.05) is 119 Å². The van der Waals surface area contributed by atoms with Gasteiger partial charge in [-0.3, -0.25) is 0 Å². The molecule has 9 rings (SSSR count). The Balaban J connectivity index is 1.26. The lowest BCUT2D eigenvalue weighted by Crippen LogP contribution is -2.33. The molecule has 0 fully saturated rings. The minimum absolute atomic E-state index is 0.106. The van der Waals surface area contributed by atoms with Crippen molar-refractivity contribution in [3.8, 4) is 45.3 Å². The molecular formula is C45H36FN3O. The predicted octanol–water partition coefficient (Wildman–Crippen LogP) is 12.1. The van der Waals surface area contributed by atoms with Crippen molar-refractivity contribution < 1.29 is 8.81 Å². The van der Waals surface area contributed by atoms with Gasteiger partial charge in [0.15, 0.2) is 17.5 Å². The number of fused-ring (bicyclic) bond motifs is 5. The van der Waals surface area contributed by atoms with E-state index in [-0.39, 0.29) is 16.6 Å². The van der Waals surface area contributed by atoms with Gasteiger partial charge in [0.05, 0.1) is 0 Å². The molecule has 0 spiro atoms. The number of hydrogen-bond donors (Lipinski definition) is 0. The molecule has 8 aromatic rings. The fourth-order valence-corrected chi connectivity index (χ4v) is 7.84. The van der Waals surface area contributed by atoms with Crippen molar-refractivity contribution in [3.05, 3.63) is 138 Å². The van der Waals surface area contributed by atoms with Gasteiger partial charge >= 0.3 is 0 Å². The summed E-state index contributed by atoms with van der Waals surface area (Å²) < 4.78 is 20.8. The fraction of sp³-hybridized carbons (Fsp3) is 0.178. The molecule has 2 heterocycles. The average molecular weight is 654 g/mol. The number of rotatable bonds is 4. The normalized spacial score (nSPS) is 15.1. The number of para-hydroxylation sites is 1. The highest BCUT2D eigenvalue weighted by molar-refractivity contribution is 6.12. The Morgan fingerprint density at radius 2 is 1.12 bits per heavy atom. The smallest absolute Gasteiger partial charge is 0.164 e. The summed E-state index contributed by atoms with van der Waals surface area (Å²) in [5.41, 5.74) is 9.35. The van der Waals surface area contributed by atoms with Gasteiger partial charge in [-0.25, -0.2) is 19.3 Å². The Bertz CT molecular complexity index is 2630. The van der Waals surface area contributed by atoms with E-state index in [4.69, 9.17) is 19.4 Å². The topological polar surface area (TPSA) is 51.8 Å². The van der Waals surface area contributed by atoms with E-state index in [2.05, 4.69) is 88.4 Å². The van der Waals surface area contributed by atoms with Gasteiger partial charge in [0.1, 0.15) is 17.0 Å². The molecule has 244 valence electrons. The maximum Gasteiger partial charge on any atom is 0.164 e. The summed E-state index contributed by atoms with van der Waals surface area (Å²) in [5.74, 6) is 1.08. The molecule has 0 amide bonds. The van der Waals surface area contributed by atoms with E-state index in [9.17, 15) is 4.39 Å². The number of nitrogens with zero attached hydrogens (tertiary/aromatic N) is 3. The minimum atomic E-state index is -0.347. The first kappa shape index (κ1) is 30.4. The zero-order valence-electron chi connectivity index (χ0n) is 28.6.